The molecular weight excluding hydrogens is 148 g/mol. The Morgan fingerprint density at radius 3 is 2.60 bits per heavy atom. The minimum Gasteiger partial charge on any atom is -0.481 e. The van der Waals surface area contributed by atoms with Gasteiger partial charge in [-0.3, -0.25) is 4.79 Å². The zero-order valence-corrected chi connectivity index (χ0v) is 6.43. The summed E-state index contributed by atoms with van der Waals surface area (Å²) in [6, 6.07) is 0. The summed E-state index contributed by atoms with van der Waals surface area (Å²) in [5, 5.41) is 8.47. The standard InChI is InChI=1S/C7H10O2S/c8-7(9)1-4-5-2-10-3-6(4)5/h4-6H,1-3H2,(H,8,9). The van der Waals surface area contributed by atoms with Gasteiger partial charge >= 0.3 is 5.97 Å². The van der Waals surface area contributed by atoms with E-state index in [-0.39, 0.29) is 0 Å². The average Bonchev–Trinajstić information content (AvgIpc) is 2.40. The van der Waals surface area contributed by atoms with Crippen LogP contribution in [0.15, 0.2) is 0 Å². The molecule has 0 bridgehead atoms. The van der Waals surface area contributed by atoms with Crippen molar-refractivity contribution >= 4 is 17.7 Å². The van der Waals surface area contributed by atoms with Crippen molar-refractivity contribution in [3.8, 4) is 0 Å². The lowest BCUT2D eigenvalue weighted by molar-refractivity contribution is -0.137. The molecule has 2 unspecified atom stereocenters. The summed E-state index contributed by atoms with van der Waals surface area (Å²) in [6.07, 6.45) is 0.413. The normalized spacial score (nSPS) is 43.0. The number of hydrogen-bond donors (Lipinski definition) is 1. The fraction of sp³-hybridized carbons (Fsp3) is 0.857. The number of aliphatic carboxylic acids is 1. The maximum Gasteiger partial charge on any atom is 0.303 e. The van der Waals surface area contributed by atoms with Gasteiger partial charge in [-0.15, -0.1) is 0 Å². The molecule has 2 fully saturated rings. The van der Waals surface area contributed by atoms with Crippen LogP contribution in [0, 0.1) is 17.8 Å². The van der Waals surface area contributed by atoms with E-state index in [1.54, 1.807) is 0 Å². The lowest BCUT2D eigenvalue weighted by Gasteiger charge is -1.96. The molecule has 56 valence electrons. The number of rotatable bonds is 2. The third kappa shape index (κ3) is 0.926. The molecule has 0 spiro atoms. The van der Waals surface area contributed by atoms with Crippen molar-refractivity contribution in [2.24, 2.45) is 17.8 Å². The number of carboxylic acid groups (broad SMARTS) is 1. The van der Waals surface area contributed by atoms with Crippen LogP contribution in [0.2, 0.25) is 0 Å². The molecule has 0 aromatic carbocycles. The van der Waals surface area contributed by atoms with Crippen LogP contribution in [0.5, 0.6) is 0 Å². The number of fused-ring (bicyclic) bond motifs is 1. The van der Waals surface area contributed by atoms with Gasteiger partial charge < -0.3 is 5.11 Å². The van der Waals surface area contributed by atoms with E-state index in [9.17, 15) is 4.79 Å². The van der Waals surface area contributed by atoms with Crippen LogP contribution < -0.4 is 0 Å². The zero-order valence-electron chi connectivity index (χ0n) is 5.62. The van der Waals surface area contributed by atoms with Gasteiger partial charge in [-0.25, -0.2) is 0 Å². The first kappa shape index (κ1) is 6.53. The summed E-state index contributed by atoms with van der Waals surface area (Å²) in [4.78, 5) is 10.3. The minimum atomic E-state index is -0.621. The molecule has 2 rings (SSSR count). The lowest BCUT2D eigenvalue weighted by Crippen LogP contribution is -2.00. The van der Waals surface area contributed by atoms with E-state index < -0.39 is 5.97 Å². The van der Waals surface area contributed by atoms with Crippen LogP contribution in [0.3, 0.4) is 0 Å². The van der Waals surface area contributed by atoms with Crippen molar-refractivity contribution in [3.05, 3.63) is 0 Å². The Labute approximate surface area is 64.0 Å². The highest BCUT2D eigenvalue weighted by molar-refractivity contribution is 7.99. The van der Waals surface area contributed by atoms with Crippen LogP contribution in [0.4, 0.5) is 0 Å². The first-order valence-electron chi connectivity index (χ1n) is 3.58. The highest BCUT2D eigenvalue weighted by Crippen LogP contribution is 2.56. The van der Waals surface area contributed by atoms with Crippen molar-refractivity contribution in [3.63, 3.8) is 0 Å². The van der Waals surface area contributed by atoms with Crippen LogP contribution >= 0.6 is 11.8 Å². The third-order valence-electron chi connectivity index (χ3n) is 2.54. The summed E-state index contributed by atoms with van der Waals surface area (Å²) in [5.41, 5.74) is 0. The van der Waals surface area contributed by atoms with Crippen molar-refractivity contribution in [1.29, 1.82) is 0 Å². The van der Waals surface area contributed by atoms with Gasteiger partial charge in [-0.1, -0.05) is 0 Å². The summed E-state index contributed by atoms with van der Waals surface area (Å²) in [5.74, 6) is 3.87. The SMILES string of the molecule is O=C(O)CC1C2CSCC21. The molecule has 1 heterocycles. The average molecular weight is 158 g/mol. The molecule has 0 radical (unpaired) electrons. The second kappa shape index (κ2) is 2.16. The van der Waals surface area contributed by atoms with Gasteiger partial charge in [0.25, 0.3) is 0 Å². The van der Waals surface area contributed by atoms with E-state index in [2.05, 4.69) is 0 Å². The van der Waals surface area contributed by atoms with Gasteiger partial charge in [0.1, 0.15) is 0 Å². The Morgan fingerprint density at radius 2 is 2.10 bits per heavy atom. The topological polar surface area (TPSA) is 37.3 Å². The fourth-order valence-corrected chi connectivity index (χ4v) is 3.53. The lowest BCUT2D eigenvalue weighted by atomic mass is 10.2. The first-order valence-corrected chi connectivity index (χ1v) is 4.74. The molecule has 1 aliphatic heterocycles. The first-order chi connectivity index (χ1) is 4.79. The highest BCUT2D eigenvalue weighted by atomic mass is 32.2. The van der Waals surface area contributed by atoms with E-state index in [4.69, 9.17) is 5.11 Å². The number of thioether (sulfide) groups is 1. The van der Waals surface area contributed by atoms with Crippen LogP contribution in [-0.2, 0) is 4.79 Å². The molecule has 0 aromatic heterocycles. The van der Waals surface area contributed by atoms with Gasteiger partial charge in [-0.2, -0.15) is 11.8 Å². The number of carboxylic acids is 1. The maximum atomic E-state index is 10.3. The molecule has 0 amide bonds. The maximum absolute atomic E-state index is 10.3. The van der Waals surface area contributed by atoms with Crippen molar-refractivity contribution in [2.75, 3.05) is 11.5 Å². The Kier molecular flexibility index (Phi) is 1.41. The largest absolute Gasteiger partial charge is 0.481 e. The quantitative estimate of drug-likeness (QED) is 0.653. The zero-order chi connectivity index (χ0) is 7.14. The molecule has 2 nitrogen and oxygen atoms in total. The van der Waals surface area contributed by atoms with E-state index in [1.165, 1.54) is 11.5 Å². The van der Waals surface area contributed by atoms with Crippen LogP contribution in [0.25, 0.3) is 0 Å². The molecule has 0 aromatic rings. The molecule has 3 heteroatoms. The van der Waals surface area contributed by atoms with Crippen molar-refractivity contribution in [2.45, 2.75) is 6.42 Å². The van der Waals surface area contributed by atoms with Gasteiger partial charge in [0.15, 0.2) is 0 Å². The molecule has 10 heavy (non-hydrogen) atoms. The number of carbonyl (C=O) groups is 1. The number of hydrogen-bond acceptors (Lipinski definition) is 2. The van der Waals surface area contributed by atoms with Crippen LogP contribution in [0.1, 0.15) is 6.42 Å². The summed E-state index contributed by atoms with van der Waals surface area (Å²) in [6.45, 7) is 0. The molecule has 1 saturated carbocycles. The third-order valence-corrected chi connectivity index (χ3v) is 3.78. The van der Waals surface area contributed by atoms with Gasteiger partial charge in [0.2, 0.25) is 0 Å². The molecule has 1 aliphatic carbocycles. The van der Waals surface area contributed by atoms with Crippen LogP contribution in [-0.4, -0.2) is 22.6 Å². The summed E-state index contributed by atoms with van der Waals surface area (Å²) in [7, 11) is 0. The summed E-state index contributed by atoms with van der Waals surface area (Å²) >= 11 is 1.97. The Bertz CT molecular complexity index is 159. The highest BCUT2D eigenvalue weighted by Gasteiger charge is 2.53. The predicted molar refractivity (Wildman–Crippen MR) is 40.0 cm³/mol. The Morgan fingerprint density at radius 1 is 1.50 bits per heavy atom. The van der Waals surface area contributed by atoms with Gasteiger partial charge in [0, 0.05) is 6.42 Å². The monoisotopic (exact) mass is 158 g/mol. The van der Waals surface area contributed by atoms with Gasteiger partial charge in [-0.05, 0) is 29.3 Å². The summed E-state index contributed by atoms with van der Waals surface area (Å²) < 4.78 is 0. The van der Waals surface area contributed by atoms with E-state index in [0.717, 1.165) is 11.8 Å². The molecule has 2 aliphatic rings. The van der Waals surface area contributed by atoms with Crippen molar-refractivity contribution < 1.29 is 9.90 Å². The van der Waals surface area contributed by atoms with Crippen molar-refractivity contribution in [1.82, 2.24) is 0 Å². The predicted octanol–water partition coefficient (Wildman–Crippen LogP) is 1.07. The van der Waals surface area contributed by atoms with E-state index in [0.29, 0.717) is 12.3 Å². The molecular formula is C7H10O2S. The molecule has 1 saturated heterocycles. The Balaban J connectivity index is 1.84. The van der Waals surface area contributed by atoms with E-state index >= 15 is 0 Å². The molecule has 2 atom stereocenters. The van der Waals surface area contributed by atoms with Gasteiger partial charge in [0.05, 0.1) is 0 Å². The molecule has 1 N–H and O–H groups in total. The smallest absolute Gasteiger partial charge is 0.303 e. The Hall–Kier alpha value is -0.180. The fourth-order valence-electron chi connectivity index (χ4n) is 1.86. The van der Waals surface area contributed by atoms with E-state index in [1.807, 2.05) is 11.8 Å². The second-order valence-corrected chi connectivity index (χ2v) is 4.20. The minimum absolute atomic E-state index is 0.413. The second-order valence-electron chi connectivity index (χ2n) is 3.13.